The Labute approximate surface area is 84.9 Å². The molecular weight excluding hydrogens is 178 g/mol. The fourth-order valence-corrected chi connectivity index (χ4v) is 0.984. The fraction of sp³-hybridized carbons (Fsp3) is 0.800. The Morgan fingerprint density at radius 1 is 1.36 bits per heavy atom. The Kier molecular flexibility index (Phi) is 3.26. The number of rotatable bonds is 4. The van der Waals surface area contributed by atoms with Crippen LogP contribution in [0, 0.1) is 0 Å². The molecule has 1 aromatic rings. The van der Waals surface area contributed by atoms with Gasteiger partial charge >= 0.3 is 0 Å². The van der Waals surface area contributed by atoms with Crippen molar-refractivity contribution in [3.63, 3.8) is 0 Å². The highest BCUT2D eigenvalue weighted by atomic mass is 16.4. The summed E-state index contributed by atoms with van der Waals surface area (Å²) in [5, 5.41) is 7.99. The predicted octanol–water partition coefficient (Wildman–Crippen LogP) is 2.17. The number of nitrogens with zero attached hydrogens (tertiary/aromatic N) is 2. The smallest absolute Gasteiger partial charge is 0.233 e. The summed E-state index contributed by atoms with van der Waals surface area (Å²) in [5.74, 6) is 1.22. The fourth-order valence-electron chi connectivity index (χ4n) is 0.984. The van der Waals surface area contributed by atoms with Gasteiger partial charge in [-0.05, 0) is 12.8 Å². The first-order valence-electron chi connectivity index (χ1n) is 5.10. The standard InChI is InChI=1S/C10H19N3O/c1-5-7(11)8-12-13-9(14-8)10(3,4)6-2/h7H,5-6,11H2,1-4H3. The van der Waals surface area contributed by atoms with E-state index in [4.69, 9.17) is 10.2 Å². The maximum Gasteiger partial charge on any atom is 0.233 e. The van der Waals surface area contributed by atoms with Crippen molar-refractivity contribution in [2.45, 2.75) is 52.0 Å². The van der Waals surface area contributed by atoms with Gasteiger partial charge in [-0.3, -0.25) is 0 Å². The summed E-state index contributed by atoms with van der Waals surface area (Å²) < 4.78 is 5.54. The summed E-state index contributed by atoms with van der Waals surface area (Å²) >= 11 is 0. The van der Waals surface area contributed by atoms with E-state index in [1.807, 2.05) is 6.92 Å². The molecule has 0 aliphatic heterocycles. The average Bonchev–Trinajstić information content (AvgIpc) is 2.66. The van der Waals surface area contributed by atoms with Crippen molar-refractivity contribution in [2.24, 2.45) is 5.73 Å². The monoisotopic (exact) mass is 197 g/mol. The highest BCUT2D eigenvalue weighted by Gasteiger charge is 2.26. The minimum atomic E-state index is -0.135. The minimum absolute atomic E-state index is 0.0568. The van der Waals surface area contributed by atoms with E-state index in [0.717, 1.165) is 12.8 Å². The Morgan fingerprint density at radius 2 is 2.00 bits per heavy atom. The maximum absolute atomic E-state index is 5.80. The molecule has 0 bridgehead atoms. The van der Waals surface area contributed by atoms with Crippen molar-refractivity contribution < 1.29 is 4.42 Å². The average molecular weight is 197 g/mol. The zero-order valence-corrected chi connectivity index (χ0v) is 9.37. The quantitative estimate of drug-likeness (QED) is 0.803. The highest BCUT2D eigenvalue weighted by Crippen LogP contribution is 2.26. The second-order valence-corrected chi connectivity index (χ2v) is 4.20. The zero-order valence-electron chi connectivity index (χ0n) is 9.37. The molecule has 14 heavy (non-hydrogen) atoms. The first kappa shape index (κ1) is 11.2. The van der Waals surface area contributed by atoms with Gasteiger partial charge in [-0.15, -0.1) is 10.2 Å². The van der Waals surface area contributed by atoms with Gasteiger partial charge in [0.05, 0.1) is 6.04 Å². The Bertz CT molecular complexity index is 293. The summed E-state index contributed by atoms with van der Waals surface area (Å²) in [6.45, 7) is 8.27. The maximum atomic E-state index is 5.80. The molecule has 2 N–H and O–H groups in total. The van der Waals surface area contributed by atoms with E-state index in [1.54, 1.807) is 0 Å². The number of hydrogen-bond acceptors (Lipinski definition) is 4. The molecule has 80 valence electrons. The van der Waals surface area contributed by atoms with Crippen LogP contribution < -0.4 is 5.73 Å². The van der Waals surface area contributed by atoms with Crippen molar-refractivity contribution in [3.8, 4) is 0 Å². The lowest BCUT2D eigenvalue weighted by Crippen LogP contribution is -2.15. The van der Waals surface area contributed by atoms with Gasteiger partial charge in [-0.2, -0.15) is 0 Å². The molecular formula is C10H19N3O. The Hall–Kier alpha value is -0.900. The van der Waals surface area contributed by atoms with Crippen molar-refractivity contribution in [3.05, 3.63) is 11.8 Å². The van der Waals surface area contributed by atoms with Gasteiger partial charge in [-0.1, -0.05) is 27.7 Å². The number of hydrogen-bond donors (Lipinski definition) is 1. The van der Waals surface area contributed by atoms with Gasteiger partial charge in [0, 0.05) is 5.41 Å². The molecule has 0 aliphatic rings. The molecule has 0 fully saturated rings. The van der Waals surface area contributed by atoms with Crippen LogP contribution in [0.5, 0.6) is 0 Å². The lowest BCUT2D eigenvalue weighted by atomic mass is 9.90. The van der Waals surface area contributed by atoms with Gasteiger partial charge in [0.2, 0.25) is 11.8 Å². The van der Waals surface area contributed by atoms with Crippen LogP contribution in [0.25, 0.3) is 0 Å². The predicted molar refractivity (Wildman–Crippen MR) is 54.8 cm³/mol. The van der Waals surface area contributed by atoms with Gasteiger partial charge in [0.1, 0.15) is 0 Å². The van der Waals surface area contributed by atoms with E-state index in [0.29, 0.717) is 11.8 Å². The first-order valence-corrected chi connectivity index (χ1v) is 5.10. The minimum Gasteiger partial charge on any atom is -0.423 e. The molecule has 0 aliphatic carbocycles. The van der Waals surface area contributed by atoms with Crippen molar-refractivity contribution in [1.29, 1.82) is 0 Å². The van der Waals surface area contributed by atoms with Crippen LogP contribution in [-0.2, 0) is 5.41 Å². The summed E-state index contributed by atoms with van der Waals surface area (Å²) in [6, 6.07) is -0.135. The van der Waals surface area contributed by atoms with Crippen molar-refractivity contribution in [2.75, 3.05) is 0 Å². The van der Waals surface area contributed by atoms with E-state index >= 15 is 0 Å². The van der Waals surface area contributed by atoms with Crippen LogP contribution in [0.15, 0.2) is 4.42 Å². The van der Waals surface area contributed by atoms with Gasteiger partial charge in [-0.25, -0.2) is 0 Å². The third kappa shape index (κ3) is 2.12. The molecule has 1 heterocycles. The molecule has 0 amide bonds. The van der Waals surface area contributed by atoms with Crippen LogP contribution >= 0.6 is 0 Å². The van der Waals surface area contributed by atoms with Gasteiger partial charge < -0.3 is 10.2 Å². The second kappa shape index (κ2) is 4.09. The van der Waals surface area contributed by atoms with Crippen LogP contribution in [-0.4, -0.2) is 10.2 Å². The first-order chi connectivity index (χ1) is 6.51. The highest BCUT2D eigenvalue weighted by molar-refractivity contribution is 4.99. The van der Waals surface area contributed by atoms with E-state index < -0.39 is 0 Å². The third-order valence-electron chi connectivity index (χ3n) is 2.66. The van der Waals surface area contributed by atoms with E-state index in [9.17, 15) is 0 Å². The SMILES string of the molecule is CCC(N)c1nnc(C(C)(C)CC)o1. The Balaban J connectivity index is 2.88. The normalized spacial score (nSPS) is 14.4. The van der Waals surface area contributed by atoms with Gasteiger partial charge in [0.15, 0.2) is 0 Å². The van der Waals surface area contributed by atoms with Crippen LogP contribution in [0.1, 0.15) is 58.4 Å². The topological polar surface area (TPSA) is 64.9 Å². The molecule has 0 saturated heterocycles. The van der Waals surface area contributed by atoms with Crippen molar-refractivity contribution in [1.82, 2.24) is 10.2 Å². The molecule has 0 saturated carbocycles. The second-order valence-electron chi connectivity index (χ2n) is 4.20. The molecule has 0 radical (unpaired) electrons. The summed E-state index contributed by atoms with van der Waals surface area (Å²) in [4.78, 5) is 0. The molecule has 4 nitrogen and oxygen atoms in total. The molecule has 1 atom stereocenters. The van der Waals surface area contributed by atoms with E-state index in [-0.39, 0.29) is 11.5 Å². The molecule has 1 rings (SSSR count). The Morgan fingerprint density at radius 3 is 2.50 bits per heavy atom. The summed E-state index contributed by atoms with van der Waals surface area (Å²) in [7, 11) is 0. The number of aromatic nitrogens is 2. The largest absolute Gasteiger partial charge is 0.423 e. The molecule has 4 heteroatoms. The summed E-state index contributed by atoms with van der Waals surface area (Å²) in [6.07, 6.45) is 1.78. The zero-order chi connectivity index (χ0) is 10.8. The molecule has 0 spiro atoms. The third-order valence-corrected chi connectivity index (χ3v) is 2.66. The molecule has 1 aromatic heterocycles. The van der Waals surface area contributed by atoms with Crippen LogP contribution in [0.3, 0.4) is 0 Å². The van der Waals surface area contributed by atoms with Crippen LogP contribution in [0.2, 0.25) is 0 Å². The summed E-state index contributed by atoms with van der Waals surface area (Å²) in [5.41, 5.74) is 5.74. The lowest BCUT2D eigenvalue weighted by Gasteiger charge is -2.16. The van der Waals surface area contributed by atoms with E-state index in [1.165, 1.54) is 0 Å². The van der Waals surface area contributed by atoms with E-state index in [2.05, 4.69) is 31.0 Å². The number of nitrogens with two attached hydrogens (primary N) is 1. The van der Waals surface area contributed by atoms with Crippen LogP contribution in [0.4, 0.5) is 0 Å². The molecule has 0 aromatic carbocycles. The van der Waals surface area contributed by atoms with Crippen molar-refractivity contribution >= 4 is 0 Å². The molecule has 1 unspecified atom stereocenters. The van der Waals surface area contributed by atoms with Gasteiger partial charge in [0.25, 0.3) is 0 Å². The lowest BCUT2D eigenvalue weighted by molar-refractivity contribution is 0.332.